The number of nitro groups is 1. The van der Waals surface area contributed by atoms with Gasteiger partial charge < -0.3 is 10.0 Å². The number of carbonyl (C=O) groups is 1. The van der Waals surface area contributed by atoms with Crippen molar-refractivity contribution in [2.75, 3.05) is 11.4 Å². The zero-order chi connectivity index (χ0) is 13.3. The predicted molar refractivity (Wildman–Crippen MR) is 68.8 cm³/mol. The van der Waals surface area contributed by atoms with Crippen LogP contribution in [0.25, 0.3) is 0 Å². The first-order valence-electron chi connectivity index (χ1n) is 5.41. The molecule has 18 heavy (non-hydrogen) atoms. The molecule has 0 aromatic heterocycles. The lowest BCUT2D eigenvalue weighted by atomic mass is 10.2. The van der Waals surface area contributed by atoms with Crippen LogP contribution in [0.4, 0.5) is 11.4 Å². The third-order valence-electron chi connectivity index (χ3n) is 2.74. The smallest absolute Gasteiger partial charge is 0.323 e. The van der Waals surface area contributed by atoms with Crippen molar-refractivity contribution in [2.24, 2.45) is 0 Å². The van der Waals surface area contributed by atoms with Crippen molar-refractivity contribution in [1.29, 1.82) is 0 Å². The van der Waals surface area contributed by atoms with Crippen molar-refractivity contribution in [3.05, 3.63) is 32.8 Å². The van der Waals surface area contributed by atoms with Gasteiger partial charge in [-0.25, -0.2) is 0 Å². The summed E-state index contributed by atoms with van der Waals surface area (Å²) >= 11 is 3.18. The number of rotatable bonds is 5. The van der Waals surface area contributed by atoms with E-state index in [2.05, 4.69) is 15.9 Å². The molecule has 1 aliphatic rings. The number of aliphatic carboxylic acids is 1. The second-order valence-corrected chi connectivity index (χ2v) is 5.06. The van der Waals surface area contributed by atoms with E-state index in [4.69, 9.17) is 5.11 Å². The normalized spacial score (nSPS) is 14.3. The van der Waals surface area contributed by atoms with Gasteiger partial charge in [-0.1, -0.05) is 15.9 Å². The maximum Gasteiger partial charge on any atom is 0.323 e. The molecule has 0 heterocycles. The molecule has 6 nitrogen and oxygen atoms in total. The van der Waals surface area contributed by atoms with Gasteiger partial charge in [0.05, 0.1) is 4.92 Å². The van der Waals surface area contributed by atoms with E-state index in [1.807, 2.05) is 0 Å². The van der Waals surface area contributed by atoms with Crippen LogP contribution in [-0.2, 0) is 4.79 Å². The van der Waals surface area contributed by atoms with E-state index < -0.39 is 10.9 Å². The summed E-state index contributed by atoms with van der Waals surface area (Å²) in [5, 5.41) is 19.9. The zero-order valence-electron chi connectivity index (χ0n) is 9.38. The second-order valence-electron chi connectivity index (χ2n) is 4.14. The molecule has 1 N–H and O–H groups in total. The first-order valence-corrected chi connectivity index (χ1v) is 6.20. The van der Waals surface area contributed by atoms with Crippen molar-refractivity contribution >= 4 is 33.3 Å². The van der Waals surface area contributed by atoms with Gasteiger partial charge in [0.15, 0.2) is 0 Å². The molecule has 0 bridgehead atoms. The minimum absolute atomic E-state index is 0.0717. The largest absolute Gasteiger partial charge is 0.480 e. The summed E-state index contributed by atoms with van der Waals surface area (Å²) in [5.41, 5.74) is 0.297. The van der Waals surface area contributed by atoms with Gasteiger partial charge in [-0.05, 0) is 25.0 Å². The fourth-order valence-corrected chi connectivity index (χ4v) is 2.18. The predicted octanol–water partition coefficient (Wildman–Crippen LogP) is 2.41. The lowest BCUT2D eigenvalue weighted by Crippen LogP contribution is -2.32. The summed E-state index contributed by atoms with van der Waals surface area (Å²) in [5.74, 6) is -0.987. The number of benzene rings is 1. The first-order chi connectivity index (χ1) is 8.49. The monoisotopic (exact) mass is 314 g/mol. The number of carboxylic acids is 1. The van der Waals surface area contributed by atoms with Crippen molar-refractivity contribution in [3.63, 3.8) is 0 Å². The van der Waals surface area contributed by atoms with Gasteiger partial charge in [0.2, 0.25) is 0 Å². The maximum atomic E-state index is 11.0. The Labute approximate surface area is 111 Å². The lowest BCUT2D eigenvalue weighted by molar-refractivity contribution is -0.384. The zero-order valence-corrected chi connectivity index (χ0v) is 11.0. The van der Waals surface area contributed by atoms with Crippen molar-refractivity contribution < 1.29 is 14.8 Å². The summed E-state index contributed by atoms with van der Waals surface area (Å²) in [6, 6.07) is 4.76. The van der Waals surface area contributed by atoms with E-state index in [9.17, 15) is 14.9 Å². The third kappa shape index (κ3) is 2.79. The molecule has 96 valence electrons. The average molecular weight is 315 g/mol. The van der Waals surface area contributed by atoms with Crippen LogP contribution in [-0.4, -0.2) is 28.6 Å². The molecule has 1 aliphatic carbocycles. The summed E-state index contributed by atoms with van der Waals surface area (Å²) in [6.45, 7) is -0.215. The standard InChI is InChI=1S/C11H11BrN2O4/c12-7-1-4-9(10(5-7)14(17)18)13(6-11(15)16)8-2-3-8/h1,4-5,8H,2-3,6H2,(H,15,16). The molecule has 0 spiro atoms. The van der Waals surface area contributed by atoms with Crippen molar-refractivity contribution in [2.45, 2.75) is 18.9 Å². The topological polar surface area (TPSA) is 83.7 Å². The minimum atomic E-state index is -0.987. The lowest BCUT2D eigenvalue weighted by Gasteiger charge is -2.22. The second kappa shape index (κ2) is 4.93. The van der Waals surface area contributed by atoms with E-state index in [1.165, 1.54) is 6.07 Å². The van der Waals surface area contributed by atoms with Crippen LogP contribution in [0.15, 0.2) is 22.7 Å². The molecule has 2 rings (SSSR count). The Morgan fingerprint density at radius 3 is 2.72 bits per heavy atom. The Bertz CT molecular complexity index is 502. The highest BCUT2D eigenvalue weighted by Gasteiger charge is 2.34. The molecule has 1 aromatic rings. The highest BCUT2D eigenvalue weighted by atomic mass is 79.9. The molecule has 0 aliphatic heterocycles. The maximum absolute atomic E-state index is 11.0. The van der Waals surface area contributed by atoms with Crippen LogP contribution >= 0.6 is 15.9 Å². The Kier molecular flexibility index (Phi) is 3.51. The summed E-state index contributed by atoms with van der Waals surface area (Å²) in [4.78, 5) is 23.0. The Morgan fingerprint density at radius 2 is 2.22 bits per heavy atom. The fraction of sp³-hybridized carbons (Fsp3) is 0.364. The molecule has 0 radical (unpaired) electrons. The highest BCUT2D eigenvalue weighted by Crippen LogP contribution is 2.37. The van der Waals surface area contributed by atoms with Gasteiger partial charge in [0.25, 0.3) is 5.69 Å². The SMILES string of the molecule is O=C(O)CN(c1ccc(Br)cc1[N+](=O)[O-])C1CC1. The molecular formula is C11H11BrN2O4. The molecule has 0 unspecified atom stereocenters. The average Bonchev–Trinajstić information content (AvgIpc) is 3.09. The van der Waals surface area contributed by atoms with E-state index in [0.717, 1.165) is 12.8 Å². The van der Waals surface area contributed by atoms with E-state index in [1.54, 1.807) is 17.0 Å². The molecule has 1 fully saturated rings. The molecule has 7 heteroatoms. The molecular weight excluding hydrogens is 304 g/mol. The Hall–Kier alpha value is -1.63. The number of halogens is 1. The van der Waals surface area contributed by atoms with Crippen LogP contribution in [0.3, 0.4) is 0 Å². The van der Waals surface area contributed by atoms with Gasteiger partial charge in [0, 0.05) is 16.6 Å². The fourth-order valence-electron chi connectivity index (χ4n) is 1.83. The summed E-state index contributed by atoms with van der Waals surface area (Å²) in [6.07, 6.45) is 1.75. The molecule has 0 amide bonds. The van der Waals surface area contributed by atoms with Crippen LogP contribution in [0, 0.1) is 10.1 Å². The highest BCUT2D eigenvalue weighted by molar-refractivity contribution is 9.10. The third-order valence-corrected chi connectivity index (χ3v) is 3.23. The van der Waals surface area contributed by atoms with Crippen LogP contribution in [0.5, 0.6) is 0 Å². The summed E-state index contributed by atoms with van der Waals surface area (Å²) in [7, 11) is 0. The van der Waals surface area contributed by atoms with Crippen LogP contribution in [0.1, 0.15) is 12.8 Å². The Morgan fingerprint density at radius 1 is 1.56 bits per heavy atom. The number of carboxylic acid groups (broad SMARTS) is 1. The number of nitro benzene ring substituents is 1. The first kappa shape index (κ1) is 12.8. The summed E-state index contributed by atoms with van der Waals surface area (Å²) < 4.78 is 0.601. The van der Waals surface area contributed by atoms with Crippen molar-refractivity contribution in [1.82, 2.24) is 0 Å². The molecule has 0 saturated heterocycles. The number of hydrogen-bond acceptors (Lipinski definition) is 4. The number of anilines is 1. The van der Waals surface area contributed by atoms with E-state index >= 15 is 0 Å². The number of nitrogens with zero attached hydrogens (tertiary/aromatic N) is 2. The van der Waals surface area contributed by atoms with Crippen LogP contribution in [0.2, 0.25) is 0 Å². The van der Waals surface area contributed by atoms with Gasteiger partial charge in [-0.3, -0.25) is 14.9 Å². The molecule has 1 aromatic carbocycles. The molecule has 0 atom stereocenters. The number of hydrogen-bond donors (Lipinski definition) is 1. The van der Waals surface area contributed by atoms with Gasteiger partial charge >= 0.3 is 5.97 Å². The van der Waals surface area contributed by atoms with Gasteiger partial charge in [-0.2, -0.15) is 0 Å². The minimum Gasteiger partial charge on any atom is -0.480 e. The Balaban J connectivity index is 2.40. The van der Waals surface area contributed by atoms with Crippen LogP contribution < -0.4 is 4.90 Å². The van der Waals surface area contributed by atoms with Gasteiger partial charge in [-0.15, -0.1) is 0 Å². The quantitative estimate of drug-likeness (QED) is 0.666. The van der Waals surface area contributed by atoms with E-state index in [0.29, 0.717) is 10.2 Å². The molecule has 1 saturated carbocycles. The van der Waals surface area contributed by atoms with E-state index in [-0.39, 0.29) is 18.3 Å². The van der Waals surface area contributed by atoms with Gasteiger partial charge in [0.1, 0.15) is 12.2 Å². The van der Waals surface area contributed by atoms with Crippen molar-refractivity contribution in [3.8, 4) is 0 Å².